The number of likely N-dealkylation sites (N-methyl/N-ethyl adjacent to an activating group) is 1. The van der Waals surface area contributed by atoms with Crippen LogP contribution in [-0.2, 0) is 11.2 Å². The molecule has 1 N–H and O–H groups in total. The highest BCUT2D eigenvalue weighted by atomic mass is 35.5. The first-order chi connectivity index (χ1) is 8.27. The Labute approximate surface area is 109 Å². The Balaban J connectivity index is 2.50. The zero-order chi connectivity index (χ0) is 12.5. The second-order valence-electron chi connectivity index (χ2n) is 4.00. The van der Waals surface area contributed by atoms with Crippen molar-refractivity contribution in [2.45, 2.75) is 32.7 Å². The largest absolute Gasteiger partial charge is 0.380 e. The molecule has 1 aromatic rings. The molecule has 0 saturated heterocycles. The minimum absolute atomic E-state index is 0.312. The van der Waals surface area contributed by atoms with Crippen molar-refractivity contribution in [2.24, 2.45) is 0 Å². The van der Waals surface area contributed by atoms with Crippen molar-refractivity contribution in [3.8, 4) is 0 Å². The number of hydrogen-bond acceptors (Lipinski definition) is 3. The Bertz CT molecular complexity index is 320. The number of halogens is 1. The van der Waals surface area contributed by atoms with Gasteiger partial charge in [0, 0.05) is 25.0 Å². The molecule has 17 heavy (non-hydrogen) atoms. The standard InChI is InChI=1S/C13H21ClN2O/c1-3-7-17-10-12(16-4-2)8-11-5-6-15-9-13(11)14/h5-6,9,12,16H,3-4,7-8,10H2,1-2H3. The van der Waals surface area contributed by atoms with E-state index in [9.17, 15) is 0 Å². The maximum absolute atomic E-state index is 6.10. The van der Waals surface area contributed by atoms with Gasteiger partial charge in [0.2, 0.25) is 0 Å². The Morgan fingerprint density at radius 2 is 2.29 bits per heavy atom. The molecular formula is C13H21ClN2O. The van der Waals surface area contributed by atoms with Crippen LogP contribution >= 0.6 is 11.6 Å². The fourth-order valence-corrected chi connectivity index (χ4v) is 1.88. The van der Waals surface area contributed by atoms with E-state index in [1.165, 1.54) is 0 Å². The fraction of sp³-hybridized carbons (Fsp3) is 0.615. The highest BCUT2D eigenvalue weighted by Gasteiger charge is 2.10. The van der Waals surface area contributed by atoms with E-state index in [0.29, 0.717) is 6.04 Å². The lowest BCUT2D eigenvalue weighted by molar-refractivity contribution is 0.112. The van der Waals surface area contributed by atoms with E-state index in [1.807, 2.05) is 6.07 Å². The van der Waals surface area contributed by atoms with E-state index in [1.54, 1.807) is 12.4 Å². The molecule has 0 aromatic carbocycles. The molecule has 1 atom stereocenters. The highest BCUT2D eigenvalue weighted by Crippen LogP contribution is 2.15. The summed E-state index contributed by atoms with van der Waals surface area (Å²) in [6, 6.07) is 2.28. The molecule has 0 saturated carbocycles. The Morgan fingerprint density at radius 1 is 1.47 bits per heavy atom. The van der Waals surface area contributed by atoms with Crippen LogP contribution in [0.15, 0.2) is 18.5 Å². The van der Waals surface area contributed by atoms with Crippen LogP contribution in [0, 0.1) is 0 Å². The third-order valence-electron chi connectivity index (χ3n) is 2.48. The summed E-state index contributed by atoms with van der Waals surface area (Å²) in [6.07, 6.45) is 5.39. The molecule has 4 heteroatoms. The van der Waals surface area contributed by atoms with Gasteiger partial charge >= 0.3 is 0 Å². The summed E-state index contributed by atoms with van der Waals surface area (Å²) < 4.78 is 5.59. The van der Waals surface area contributed by atoms with Crippen molar-refractivity contribution in [2.75, 3.05) is 19.8 Å². The van der Waals surface area contributed by atoms with E-state index < -0.39 is 0 Å². The van der Waals surface area contributed by atoms with Gasteiger partial charge in [-0.3, -0.25) is 4.98 Å². The number of ether oxygens (including phenoxy) is 1. The van der Waals surface area contributed by atoms with Gasteiger partial charge in [0.05, 0.1) is 11.6 Å². The molecule has 96 valence electrons. The Morgan fingerprint density at radius 3 is 2.94 bits per heavy atom. The Kier molecular flexibility index (Phi) is 7.17. The molecule has 0 spiro atoms. The number of rotatable bonds is 8. The van der Waals surface area contributed by atoms with Crippen LogP contribution in [-0.4, -0.2) is 30.8 Å². The number of aromatic nitrogens is 1. The molecule has 1 heterocycles. The first-order valence-corrected chi connectivity index (χ1v) is 6.55. The van der Waals surface area contributed by atoms with Crippen LogP contribution in [0.5, 0.6) is 0 Å². The normalized spacial score (nSPS) is 12.6. The van der Waals surface area contributed by atoms with Crippen LogP contribution in [0.1, 0.15) is 25.8 Å². The third-order valence-corrected chi connectivity index (χ3v) is 2.82. The van der Waals surface area contributed by atoms with Crippen LogP contribution in [0.4, 0.5) is 0 Å². The fourth-order valence-electron chi connectivity index (χ4n) is 1.68. The summed E-state index contributed by atoms with van der Waals surface area (Å²) >= 11 is 6.10. The average Bonchev–Trinajstić information content (AvgIpc) is 2.32. The zero-order valence-corrected chi connectivity index (χ0v) is 11.3. The first-order valence-electron chi connectivity index (χ1n) is 6.17. The van der Waals surface area contributed by atoms with E-state index in [-0.39, 0.29) is 0 Å². The molecule has 0 bridgehead atoms. The molecule has 1 aromatic heterocycles. The first kappa shape index (κ1) is 14.4. The summed E-state index contributed by atoms with van der Waals surface area (Å²) in [5.74, 6) is 0. The van der Waals surface area contributed by atoms with Gasteiger partial charge in [0.15, 0.2) is 0 Å². The molecule has 3 nitrogen and oxygen atoms in total. The van der Waals surface area contributed by atoms with Crippen LogP contribution in [0.3, 0.4) is 0 Å². The van der Waals surface area contributed by atoms with Crippen molar-refractivity contribution in [1.82, 2.24) is 10.3 Å². The lowest BCUT2D eigenvalue weighted by Crippen LogP contribution is -2.35. The molecular weight excluding hydrogens is 236 g/mol. The van der Waals surface area contributed by atoms with Gasteiger partial charge in [-0.25, -0.2) is 0 Å². The number of pyridine rings is 1. The second kappa shape index (κ2) is 8.45. The smallest absolute Gasteiger partial charge is 0.0622 e. The van der Waals surface area contributed by atoms with E-state index in [0.717, 1.165) is 43.2 Å². The van der Waals surface area contributed by atoms with Crippen molar-refractivity contribution in [3.63, 3.8) is 0 Å². The maximum Gasteiger partial charge on any atom is 0.0622 e. The summed E-state index contributed by atoms with van der Waals surface area (Å²) in [4.78, 5) is 3.99. The Hall–Kier alpha value is -0.640. The molecule has 1 unspecified atom stereocenters. The highest BCUT2D eigenvalue weighted by molar-refractivity contribution is 6.31. The van der Waals surface area contributed by atoms with Crippen LogP contribution in [0.2, 0.25) is 5.02 Å². The topological polar surface area (TPSA) is 34.1 Å². The van der Waals surface area contributed by atoms with Gasteiger partial charge < -0.3 is 10.1 Å². The molecule has 0 amide bonds. The molecule has 0 aliphatic carbocycles. The summed E-state index contributed by atoms with van der Waals surface area (Å²) in [5, 5.41) is 4.14. The van der Waals surface area contributed by atoms with Crippen molar-refractivity contribution in [1.29, 1.82) is 0 Å². The molecule has 0 radical (unpaired) electrons. The van der Waals surface area contributed by atoms with E-state index in [2.05, 4.69) is 24.1 Å². The van der Waals surface area contributed by atoms with Gasteiger partial charge in [-0.15, -0.1) is 0 Å². The van der Waals surface area contributed by atoms with Crippen LogP contribution in [0.25, 0.3) is 0 Å². The van der Waals surface area contributed by atoms with Gasteiger partial charge in [0.25, 0.3) is 0 Å². The number of hydrogen-bond donors (Lipinski definition) is 1. The van der Waals surface area contributed by atoms with Gasteiger partial charge in [-0.2, -0.15) is 0 Å². The minimum atomic E-state index is 0.312. The van der Waals surface area contributed by atoms with Crippen molar-refractivity contribution in [3.05, 3.63) is 29.0 Å². The zero-order valence-electron chi connectivity index (χ0n) is 10.6. The van der Waals surface area contributed by atoms with Crippen molar-refractivity contribution < 1.29 is 4.74 Å². The second-order valence-corrected chi connectivity index (χ2v) is 4.41. The van der Waals surface area contributed by atoms with Crippen LogP contribution < -0.4 is 5.32 Å². The lowest BCUT2D eigenvalue weighted by Gasteiger charge is -2.18. The molecule has 1 rings (SSSR count). The summed E-state index contributed by atoms with van der Waals surface area (Å²) in [5.41, 5.74) is 1.12. The third kappa shape index (κ3) is 5.48. The summed E-state index contributed by atoms with van der Waals surface area (Å²) in [7, 11) is 0. The summed E-state index contributed by atoms with van der Waals surface area (Å²) in [6.45, 7) is 6.68. The molecule has 0 fully saturated rings. The number of nitrogens with one attached hydrogen (secondary N) is 1. The van der Waals surface area contributed by atoms with Gasteiger partial charge in [-0.05, 0) is 31.0 Å². The maximum atomic E-state index is 6.10. The lowest BCUT2D eigenvalue weighted by atomic mass is 10.1. The quantitative estimate of drug-likeness (QED) is 0.727. The van der Waals surface area contributed by atoms with Crippen molar-refractivity contribution >= 4 is 11.6 Å². The average molecular weight is 257 g/mol. The monoisotopic (exact) mass is 256 g/mol. The van der Waals surface area contributed by atoms with Gasteiger partial charge in [0.1, 0.15) is 0 Å². The van der Waals surface area contributed by atoms with E-state index >= 15 is 0 Å². The predicted octanol–water partition coefficient (Wildman–Crippen LogP) is 2.68. The number of nitrogens with zero attached hydrogens (tertiary/aromatic N) is 1. The molecule has 0 aliphatic heterocycles. The minimum Gasteiger partial charge on any atom is -0.380 e. The predicted molar refractivity (Wildman–Crippen MR) is 71.5 cm³/mol. The van der Waals surface area contributed by atoms with Gasteiger partial charge in [-0.1, -0.05) is 25.4 Å². The SMILES string of the molecule is CCCOCC(Cc1ccncc1Cl)NCC. The van der Waals surface area contributed by atoms with E-state index in [4.69, 9.17) is 16.3 Å². The molecule has 0 aliphatic rings.